The molecule has 2 heterocycles. The van der Waals surface area contributed by atoms with Crippen LogP contribution in [0.4, 0.5) is 0 Å². The number of aliphatic imine (C=N–C) groups is 2. The molecule has 0 N–H and O–H groups in total. The number of hydrogen-bond acceptors (Lipinski definition) is 5. The highest BCUT2D eigenvalue weighted by Gasteiger charge is 2.46. The Kier molecular flexibility index (Phi) is 9.35. The van der Waals surface area contributed by atoms with Gasteiger partial charge < -0.3 is 9.47 Å². The first-order valence-electron chi connectivity index (χ1n) is 16.8. The second kappa shape index (κ2) is 14.4. The number of nitrogens with zero attached hydrogens (tertiary/aromatic N) is 4. The van der Waals surface area contributed by atoms with Gasteiger partial charge in [-0.2, -0.15) is 0 Å². The number of ether oxygens (including phenoxy) is 2. The summed E-state index contributed by atoms with van der Waals surface area (Å²) in [7, 11) is 3.21. The fraction of sp³-hybridized carbons (Fsp3) is 0.0682. The van der Waals surface area contributed by atoms with Crippen molar-refractivity contribution in [1.29, 1.82) is 0 Å². The number of benzene rings is 6. The Labute approximate surface area is 322 Å². The third kappa shape index (κ3) is 6.09. The van der Waals surface area contributed by atoms with E-state index in [0.29, 0.717) is 71.9 Å². The van der Waals surface area contributed by atoms with Crippen molar-refractivity contribution >= 4 is 46.2 Å². The summed E-state index contributed by atoms with van der Waals surface area (Å²) >= 11 is 21.5. The van der Waals surface area contributed by atoms with Gasteiger partial charge >= 0.3 is 0 Å². The zero-order valence-electron chi connectivity index (χ0n) is 28.7. The first-order chi connectivity index (χ1) is 25.9. The van der Waals surface area contributed by atoms with Gasteiger partial charge in [0.05, 0.1) is 47.1 Å². The lowest BCUT2D eigenvalue weighted by atomic mass is 10.0. The average Bonchev–Trinajstić information content (AvgIpc) is 3.80. The molecule has 7 aromatic rings. The maximum Gasteiger partial charge on any atom is 0.263 e. The Hall–Kier alpha value is -5.66. The topological polar surface area (TPSA) is 61.0 Å². The second-order valence-electron chi connectivity index (χ2n) is 12.3. The third-order valence-electron chi connectivity index (χ3n) is 9.18. The van der Waals surface area contributed by atoms with E-state index in [2.05, 4.69) is 0 Å². The molecule has 0 spiro atoms. The highest BCUT2D eigenvalue weighted by atomic mass is 35.5. The quantitative estimate of drug-likeness (QED) is 0.147. The molecule has 0 aliphatic carbocycles. The maximum atomic E-state index is 7.23. The summed E-state index contributed by atoms with van der Waals surface area (Å²) in [4.78, 5) is 16.8. The van der Waals surface area contributed by atoms with Crippen LogP contribution < -0.4 is 9.47 Å². The Bertz CT molecular complexity index is 2470. The van der Waals surface area contributed by atoms with Crippen LogP contribution in [0.3, 0.4) is 0 Å². The van der Waals surface area contributed by atoms with Crippen LogP contribution in [0, 0.1) is 0 Å². The molecule has 8 rings (SSSR count). The summed E-state index contributed by atoms with van der Waals surface area (Å²) in [6.07, 6.45) is 0. The molecule has 6 nitrogen and oxygen atoms in total. The van der Waals surface area contributed by atoms with Crippen LogP contribution in [0.25, 0.3) is 33.9 Å². The first-order valence-corrected chi connectivity index (χ1v) is 18.0. The monoisotopic (exact) mass is 752 g/mol. The van der Waals surface area contributed by atoms with Crippen LogP contribution in [0.15, 0.2) is 162 Å². The predicted molar refractivity (Wildman–Crippen MR) is 216 cm³/mol. The fourth-order valence-electron chi connectivity index (χ4n) is 6.74. The summed E-state index contributed by atoms with van der Waals surface area (Å²) in [5.41, 5.74) is 7.16. The van der Waals surface area contributed by atoms with E-state index in [1.54, 1.807) is 14.2 Å². The fourth-order valence-corrected chi connectivity index (χ4v) is 7.45. The molecule has 6 aromatic carbocycles. The third-order valence-corrected chi connectivity index (χ3v) is 10.2. The molecule has 0 bridgehead atoms. The van der Waals surface area contributed by atoms with Crippen molar-refractivity contribution in [1.82, 2.24) is 9.55 Å². The Morgan fingerprint density at radius 3 is 1.57 bits per heavy atom. The van der Waals surface area contributed by atoms with Gasteiger partial charge in [0.1, 0.15) is 5.82 Å². The maximum absolute atomic E-state index is 7.23. The molecule has 0 radical (unpaired) electrons. The van der Waals surface area contributed by atoms with Crippen molar-refractivity contribution in [3.63, 3.8) is 0 Å². The van der Waals surface area contributed by atoms with Crippen LogP contribution in [0.5, 0.6) is 11.5 Å². The zero-order chi connectivity index (χ0) is 36.5. The Balaban J connectivity index is 1.60. The van der Waals surface area contributed by atoms with Gasteiger partial charge in [0, 0.05) is 38.4 Å². The van der Waals surface area contributed by atoms with Crippen molar-refractivity contribution in [3.05, 3.63) is 183 Å². The van der Waals surface area contributed by atoms with E-state index in [1.165, 1.54) is 0 Å². The van der Waals surface area contributed by atoms with Gasteiger partial charge in [-0.25, -0.2) is 15.0 Å². The van der Waals surface area contributed by atoms with Gasteiger partial charge in [-0.05, 0) is 42.5 Å². The largest absolute Gasteiger partial charge is 0.493 e. The summed E-state index contributed by atoms with van der Waals surface area (Å²) in [5, 5.41) is 1.47. The molecule has 0 saturated heterocycles. The summed E-state index contributed by atoms with van der Waals surface area (Å²) in [5.74, 6) is 0.0853. The first kappa shape index (κ1) is 34.4. The molecular formula is C44H31Cl3N4O2. The van der Waals surface area contributed by atoms with Crippen LogP contribution in [0.2, 0.25) is 15.1 Å². The Morgan fingerprint density at radius 2 is 1.02 bits per heavy atom. The molecule has 0 fully saturated rings. The van der Waals surface area contributed by atoms with Crippen molar-refractivity contribution in [2.75, 3.05) is 14.2 Å². The molecule has 0 unspecified atom stereocenters. The lowest BCUT2D eigenvalue weighted by Crippen LogP contribution is -2.32. The standard InChI is InChI=1S/C44H31Cl3N4O2/c1-52-37-26-25-30(27-38(37)53-2)41-42(31-19-9-12-22-34(31)45)51(43(48-41)32-20-10-13-23-35(32)46)44(33-21-11-14-24-36(33)47)49-39(28-15-5-3-6-16-28)40(50-44)29-17-7-4-8-18-29/h3-27H,1-2H3. The minimum absolute atomic E-state index is 0.471. The normalized spacial score (nSPS) is 13.4. The smallest absolute Gasteiger partial charge is 0.263 e. The van der Waals surface area contributed by atoms with Gasteiger partial charge in [0.2, 0.25) is 0 Å². The van der Waals surface area contributed by atoms with Crippen molar-refractivity contribution in [2.24, 2.45) is 9.98 Å². The molecule has 0 atom stereocenters. The number of rotatable bonds is 9. The van der Waals surface area contributed by atoms with Gasteiger partial charge in [-0.3, -0.25) is 4.57 Å². The van der Waals surface area contributed by atoms with E-state index in [0.717, 1.165) is 16.7 Å². The van der Waals surface area contributed by atoms with E-state index < -0.39 is 5.79 Å². The Morgan fingerprint density at radius 1 is 0.509 bits per heavy atom. The van der Waals surface area contributed by atoms with Crippen LogP contribution >= 0.6 is 34.8 Å². The number of aromatic nitrogens is 2. The number of imidazole rings is 1. The molecule has 9 heteroatoms. The summed E-state index contributed by atoms with van der Waals surface area (Å²) in [6, 6.07) is 48.7. The molecule has 260 valence electrons. The van der Waals surface area contributed by atoms with Crippen LogP contribution in [0.1, 0.15) is 16.7 Å². The molecular weight excluding hydrogens is 723 g/mol. The predicted octanol–water partition coefficient (Wildman–Crippen LogP) is 11.5. The highest BCUT2D eigenvalue weighted by Crippen LogP contribution is 2.50. The lowest BCUT2D eigenvalue weighted by Gasteiger charge is -2.30. The SMILES string of the molecule is COc1ccc(-c2nc(-c3ccccc3Cl)n(C3(c4ccccc4Cl)N=C(c4ccccc4)C(c4ccccc4)=N3)c2-c2ccccc2Cl)cc1OC. The lowest BCUT2D eigenvalue weighted by molar-refractivity contribution is 0.355. The molecule has 0 amide bonds. The van der Waals surface area contributed by atoms with Gasteiger partial charge in [0.25, 0.3) is 5.79 Å². The van der Waals surface area contributed by atoms with Crippen molar-refractivity contribution in [3.8, 4) is 45.4 Å². The van der Waals surface area contributed by atoms with E-state index in [9.17, 15) is 0 Å². The number of halogens is 3. The van der Waals surface area contributed by atoms with Crippen molar-refractivity contribution in [2.45, 2.75) is 5.79 Å². The van der Waals surface area contributed by atoms with Crippen LogP contribution in [-0.4, -0.2) is 35.2 Å². The molecule has 1 aliphatic rings. The van der Waals surface area contributed by atoms with E-state index >= 15 is 0 Å². The molecule has 53 heavy (non-hydrogen) atoms. The molecule has 0 saturated carbocycles. The minimum atomic E-state index is -1.54. The van der Waals surface area contributed by atoms with Crippen molar-refractivity contribution < 1.29 is 9.47 Å². The molecule has 1 aliphatic heterocycles. The second-order valence-corrected chi connectivity index (χ2v) is 13.5. The van der Waals surface area contributed by atoms with Gasteiger partial charge in [-0.15, -0.1) is 0 Å². The van der Waals surface area contributed by atoms with Gasteiger partial charge in [-0.1, -0.05) is 144 Å². The molecule has 1 aromatic heterocycles. The average molecular weight is 754 g/mol. The highest BCUT2D eigenvalue weighted by molar-refractivity contribution is 6.54. The van der Waals surface area contributed by atoms with Crippen LogP contribution in [-0.2, 0) is 5.79 Å². The summed E-state index contributed by atoms with van der Waals surface area (Å²) in [6.45, 7) is 0. The summed E-state index contributed by atoms with van der Waals surface area (Å²) < 4.78 is 13.4. The number of hydrogen-bond donors (Lipinski definition) is 0. The van der Waals surface area contributed by atoms with E-state index in [4.69, 9.17) is 59.2 Å². The van der Waals surface area contributed by atoms with E-state index in [1.807, 2.05) is 156 Å². The zero-order valence-corrected chi connectivity index (χ0v) is 30.9. The van der Waals surface area contributed by atoms with E-state index in [-0.39, 0.29) is 0 Å². The number of methoxy groups -OCH3 is 2. The minimum Gasteiger partial charge on any atom is -0.493 e. The van der Waals surface area contributed by atoms with Gasteiger partial charge in [0.15, 0.2) is 11.5 Å².